The molecule has 4 fully saturated rings. The minimum Gasteiger partial charge on any atom is -0.338 e. The summed E-state index contributed by atoms with van der Waals surface area (Å²) >= 11 is 0. The molecule has 1 amide bonds. The van der Waals surface area contributed by atoms with Crippen molar-refractivity contribution in [2.45, 2.75) is 67.6 Å². The second-order valence-corrected chi connectivity index (χ2v) is 17.2. The summed E-state index contributed by atoms with van der Waals surface area (Å²) in [6, 6.07) is 17.2. The molecule has 0 bridgehead atoms. The van der Waals surface area contributed by atoms with Gasteiger partial charge in [0, 0.05) is 44.9 Å². The molecule has 1 aliphatic carbocycles. The van der Waals surface area contributed by atoms with E-state index >= 15 is 0 Å². The van der Waals surface area contributed by atoms with Gasteiger partial charge in [-0.25, -0.2) is 21.1 Å². The summed E-state index contributed by atoms with van der Waals surface area (Å²) < 4.78 is 52.4. The van der Waals surface area contributed by atoms with Crippen molar-refractivity contribution < 1.29 is 21.6 Å². The van der Waals surface area contributed by atoms with Crippen LogP contribution in [0.1, 0.15) is 62.0 Å². The van der Waals surface area contributed by atoms with E-state index in [1.807, 2.05) is 23.1 Å². The van der Waals surface area contributed by atoms with Crippen molar-refractivity contribution in [2.24, 2.45) is 11.3 Å². The average Bonchev–Trinajstić information content (AvgIpc) is 3.73. The third kappa shape index (κ3) is 5.92. The van der Waals surface area contributed by atoms with Crippen LogP contribution in [0.4, 0.5) is 0 Å². The number of carbonyl (C=O) groups is 1. The number of piperidine rings is 1. The third-order valence-corrected chi connectivity index (χ3v) is 13.8. The number of sulfone groups is 1. The molecule has 1 saturated carbocycles. The van der Waals surface area contributed by atoms with E-state index in [0.29, 0.717) is 24.5 Å². The first-order valence-corrected chi connectivity index (χ1v) is 18.8. The topological polar surface area (TPSA) is 95.1 Å². The molecule has 0 N–H and O–H groups in total. The summed E-state index contributed by atoms with van der Waals surface area (Å²) in [6.45, 7) is 4.89. The van der Waals surface area contributed by atoms with E-state index in [1.54, 1.807) is 28.6 Å². The monoisotopic (exact) mass is 613 g/mol. The zero-order valence-corrected chi connectivity index (χ0v) is 26.2. The maximum Gasteiger partial charge on any atom is 0.229 e. The zero-order valence-electron chi connectivity index (χ0n) is 24.5. The second-order valence-electron chi connectivity index (χ2n) is 13.0. The Labute approximate surface area is 251 Å². The molecule has 2 unspecified atom stereocenters. The smallest absolute Gasteiger partial charge is 0.229 e. The van der Waals surface area contributed by atoms with Gasteiger partial charge in [0.2, 0.25) is 15.9 Å². The number of likely N-dealkylation sites (tertiary alicyclic amines) is 2. The van der Waals surface area contributed by atoms with Crippen molar-refractivity contribution >= 4 is 25.8 Å². The van der Waals surface area contributed by atoms with Crippen molar-refractivity contribution in [2.75, 3.05) is 45.5 Å². The van der Waals surface area contributed by atoms with Gasteiger partial charge < -0.3 is 9.80 Å². The number of sulfonamides is 1. The fourth-order valence-corrected chi connectivity index (χ4v) is 10.5. The van der Waals surface area contributed by atoms with Crippen LogP contribution in [0, 0.1) is 11.3 Å². The number of amides is 1. The Morgan fingerprint density at radius 2 is 1.48 bits per heavy atom. The quantitative estimate of drug-likeness (QED) is 0.449. The Morgan fingerprint density at radius 1 is 0.833 bits per heavy atom. The molecule has 6 rings (SSSR count). The first-order chi connectivity index (χ1) is 20.0. The highest BCUT2D eigenvalue weighted by Gasteiger charge is 2.49. The molecule has 8 nitrogen and oxygen atoms in total. The van der Waals surface area contributed by atoms with Crippen LogP contribution in [0.25, 0.3) is 0 Å². The summed E-state index contributed by atoms with van der Waals surface area (Å²) in [5.74, 6) is 0.616. The van der Waals surface area contributed by atoms with Crippen molar-refractivity contribution in [3.05, 3.63) is 65.7 Å². The minimum absolute atomic E-state index is 0.177. The summed E-state index contributed by atoms with van der Waals surface area (Å²) in [5, 5.41) is -0.225. The number of nitrogens with zero attached hydrogens (tertiary/aromatic N) is 3. The van der Waals surface area contributed by atoms with Crippen LogP contribution in [0.3, 0.4) is 0 Å². The van der Waals surface area contributed by atoms with E-state index in [2.05, 4.69) is 17.0 Å². The molecule has 3 heterocycles. The van der Waals surface area contributed by atoms with Gasteiger partial charge in [0.05, 0.1) is 15.6 Å². The predicted octanol–water partition coefficient (Wildman–Crippen LogP) is 3.89. The van der Waals surface area contributed by atoms with Crippen LogP contribution in [0.5, 0.6) is 0 Å². The lowest BCUT2D eigenvalue weighted by molar-refractivity contribution is -0.139. The van der Waals surface area contributed by atoms with Gasteiger partial charge in [-0.05, 0) is 74.4 Å². The third-order valence-electron chi connectivity index (χ3n) is 10.4. The second kappa shape index (κ2) is 11.7. The molecule has 4 aliphatic rings. The van der Waals surface area contributed by atoms with Crippen LogP contribution < -0.4 is 0 Å². The Morgan fingerprint density at radius 3 is 2.12 bits per heavy atom. The minimum atomic E-state index is -3.29. The van der Waals surface area contributed by atoms with Gasteiger partial charge in [0.25, 0.3) is 0 Å². The van der Waals surface area contributed by atoms with Crippen LogP contribution in [0.2, 0.25) is 0 Å². The molecule has 2 aromatic carbocycles. The van der Waals surface area contributed by atoms with E-state index in [4.69, 9.17) is 0 Å². The Bertz CT molecular complexity index is 1480. The highest BCUT2D eigenvalue weighted by atomic mass is 32.2. The number of benzene rings is 2. The van der Waals surface area contributed by atoms with E-state index in [9.17, 15) is 21.6 Å². The maximum absolute atomic E-state index is 13.6. The van der Waals surface area contributed by atoms with Gasteiger partial charge in [-0.15, -0.1) is 0 Å². The largest absolute Gasteiger partial charge is 0.338 e. The normalized spacial score (nSPS) is 26.0. The number of hydrogen-bond donors (Lipinski definition) is 0. The SMILES string of the molecule is CS(=O)(=O)c1ccc(CN2CCC3(CCN(CC4CN(S(=O)(=O)C5CCCC5)CC4c4ccccc4)CC3)C2=O)cc1. The molecule has 0 aromatic heterocycles. The molecule has 2 aromatic rings. The average molecular weight is 614 g/mol. The first kappa shape index (κ1) is 29.8. The van der Waals surface area contributed by atoms with Gasteiger partial charge in [0.15, 0.2) is 9.84 Å². The molecule has 2 atom stereocenters. The highest BCUT2D eigenvalue weighted by Crippen LogP contribution is 2.43. The fraction of sp³-hybridized carbons (Fsp3) is 0.594. The number of carbonyl (C=O) groups excluding carboxylic acids is 1. The molecule has 1 spiro atoms. The van der Waals surface area contributed by atoms with Gasteiger partial charge in [-0.3, -0.25) is 4.79 Å². The summed E-state index contributed by atoms with van der Waals surface area (Å²) in [5.41, 5.74) is 1.83. The van der Waals surface area contributed by atoms with Gasteiger partial charge in [-0.1, -0.05) is 55.3 Å². The van der Waals surface area contributed by atoms with E-state index in [1.165, 1.54) is 11.8 Å². The predicted molar refractivity (Wildman–Crippen MR) is 163 cm³/mol. The molecule has 0 radical (unpaired) electrons. The van der Waals surface area contributed by atoms with Crippen molar-refractivity contribution in [3.8, 4) is 0 Å². The highest BCUT2D eigenvalue weighted by molar-refractivity contribution is 7.90. The van der Waals surface area contributed by atoms with Crippen LogP contribution in [0.15, 0.2) is 59.5 Å². The van der Waals surface area contributed by atoms with Crippen LogP contribution in [-0.2, 0) is 31.2 Å². The Hall–Kier alpha value is -2.27. The molecular formula is C32H43N3O5S2. The number of hydrogen-bond acceptors (Lipinski definition) is 6. The molecule has 10 heteroatoms. The lowest BCUT2D eigenvalue weighted by Crippen LogP contribution is -2.46. The van der Waals surface area contributed by atoms with Crippen molar-refractivity contribution in [1.82, 2.24) is 14.1 Å². The van der Waals surface area contributed by atoms with Crippen LogP contribution in [-0.4, -0.2) is 87.6 Å². The Kier molecular flexibility index (Phi) is 8.28. The first-order valence-electron chi connectivity index (χ1n) is 15.4. The lowest BCUT2D eigenvalue weighted by Gasteiger charge is -2.39. The van der Waals surface area contributed by atoms with Crippen molar-refractivity contribution in [3.63, 3.8) is 0 Å². The van der Waals surface area contributed by atoms with Gasteiger partial charge in [0.1, 0.15) is 0 Å². The molecular weight excluding hydrogens is 571 g/mol. The summed E-state index contributed by atoms with van der Waals surface area (Å²) in [7, 11) is -6.53. The van der Waals surface area contributed by atoms with Crippen molar-refractivity contribution in [1.29, 1.82) is 0 Å². The fourth-order valence-electron chi connectivity index (χ4n) is 7.76. The summed E-state index contributed by atoms with van der Waals surface area (Å²) in [6.07, 6.45) is 7.27. The molecule has 228 valence electrons. The van der Waals surface area contributed by atoms with Gasteiger partial charge in [-0.2, -0.15) is 0 Å². The van der Waals surface area contributed by atoms with Gasteiger partial charge >= 0.3 is 0 Å². The maximum atomic E-state index is 13.6. The molecule has 3 saturated heterocycles. The molecule has 3 aliphatic heterocycles. The lowest BCUT2D eigenvalue weighted by atomic mass is 9.76. The van der Waals surface area contributed by atoms with E-state index in [-0.39, 0.29) is 28.4 Å². The molecule has 42 heavy (non-hydrogen) atoms. The van der Waals surface area contributed by atoms with E-state index in [0.717, 1.165) is 76.7 Å². The van der Waals surface area contributed by atoms with E-state index < -0.39 is 19.9 Å². The zero-order chi connectivity index (χ0) is 29.5. The standard InChI is InChI=1S/C32H43N3O5S2/c1-41(37,38)28-13-11-25(12-14-28)21-34-20-17-32(31(34)36)15-18-33(19-16-32)22-27-23-35(42(39,40)29-9-5-6-10-29)24-30(27)26-7-3-2-4-8-26/h2-4,7-8,11-14,27,29-30H,5-6,9-10,15-24H2,1H3. The summed E-state index contributed by atoms with van der Waals surface area (Å²) in [4.78, 5) is 18.3. The van der Waals surface area contributed by atoms with Crippen LogP contribution >= 0.6 is 0 Å². The Balaban J connectivity index is 1.09. The number of rotatable bonds is 8.